The number of piperidine rings is 1. The Kier molecular flexibility index (Phi) is 6.56. The molecule has 2 fully saturated rings. The number of carbonyl (C=O) groups excluding carboxylic acids is 4. The van der Waals surface area contributed by atoms with Crippen molar-refractivity contribution in [1.82, 2.24) is 10.2 Å². The van der Waals surface area contributed by atoms with E-state index >= 15 is 0 Å². The third-order valence-electron chi connectivity index (χ3n) is 6.46. The Hall–Kier alpha value is -2.74. The first-order chi connectivity index (χ1) is 15.6. The minimum absolute atomic E-state index is 0.0732. The largest absolute Gasteiger partial charge is 0.460 e. The normalized spacial score (nSPS) is 24.9. The Morgan fingerprint density at radius 2 is 1.94 bits per heavy atom. The lowest BCUT2D eigenvalue weighted by Gasteiger charge is -2.35. The van der Waals surface area contributed by atoms with Gasteiger partial charge in [-0.3, -0.25) is 24.5 Å². The van der Waals surface area contributed by atoms with E-state index in [0.717, 1.165) is 24.0 Å². The summed E-state index contributed by atoms with van der Waals surface area (Å²) in [6.45, 7) is 6.58. The molecule has 1 saturated heterocycles. The van der Waals surface area contributed by atoms with Gasteiger partial charge in [0.1, 0.15) is 11.6 Å². The third kappa shape index (κ3) is 5.27. The van der Waals surface area contributed by atoms with Crippen molar-refractivity contribution >= 4 is 23.7 Å². The molecule has 0 spiro atoms. The quantitative estimate of drug-likeness (QED) is 0.384. The van der Waals surface area contributed by atoms with Crippen LogP contribution in [0, 0.1) is 5.92 Å². The molecule has 1 aromatic rings. The van der Waals surface area contributed by atoms with E-state index in [0.29, 0.717) is 38.0 Å². The molecule has 1 atom stereocenters. The zero-order valence-electron chi connectivity index (χ0n) is 19.5. The summed E-state index contributed by atoms with van der Waals surface area (Å²) in [5, 5.41) is 2.34. The molecule has 1 saturated carbocycles. The van der Waals surface area contributed by atoms with Crippen molar-refractivity contribution in [3.8, 4) is 0 Å². The number of esters is 1. The van der Waals surface area contributed by atoms with Crippen LogP contribution >= 0.6 is 0 Å². The lowest BCUT2D eigenvalue weighted by molar-refractivity contribution is -0.169. The first-order valence-electron chi connectivity index (χ1n) is 11.7. The summed E-state index contributed by atoms with van der Waals surface area (Å²) in [6, 6.07) is 5.09. The number of aryl methyl sites for hydroxylation is 1. The number of carbonyl (C=O) groups is 4. The summed E-state index contributed by atoms with van der Waals surface area (Å²) < 4.78 is 11.3. The second-order valence-electron chi connectivity index (χ2n) is 10.1. The Morgan fingerprint density at radius 3 is 2.64 bits per heavy atom. The highest BCUT2D eigenvalue weighted by Crippen LogP contribution is 2.33. The second-order valence-corrected chi connectivity index (χ2v) is 10.1. The van der Waals surface area contributed by atoms with Gasteiger partial charge in [-0.1, -0.05) is 12.1 Å². The molecule has 4 rings (SSSR count). The van der Waals surface area contributed by atoms with E-state index in [9.17, 15) is 19.2 Å². The number of nitrogens with one attached hydrogen (secondary N) is 1. The molecule has 178 valence electrons. The van der Waals surface area contributed by atoms with Crippen molar-refractivity contribution in [3.05, 3.63) is 34.9 Å². The van der Waals surface area contributed by atoms with E-state index in [4.69, 9.17) is 9.47 Å². The predicted octanol–water partition coefficient (Wildman–Crippen LogP) is 2.52. The monoisotopic (exact) mass is 456 g/mol. The van der Waals surface area contributed by atoms with Crippen molar-refractivity contribution in [1.29, 1.82) is 0 Å². The molecule has 2 aliphatic heterocycles. The number of ether oxygens (including phenoxy) is 2. The van der Waals surface area contributed by atoms with Gasteiger partial charge in [-0.15, -0.1) is 0 Å². The fourth-order valence-corrected chi connectivity index (χ4v) is 4.68. The van der Waals surface area contributed by atoms with Crippen LogP contribution in [0.3, 0.4) is 0 Å². The Balaban J connectivity index is 1.25. The predicted molar refractivity (Wildman–Crippen MR) is 119 cm³/mol. The van der Waals surface area contributed by atoms with E-state index in [-0.39, 0.29) is 36.2 Å². The number of benzene rings is 1. The van der Waals surface area contributed by atoms with Gasteiger partial charge in [-0.25, -0.2) is 0 Å². The molecule has 1 aromatic carbocycles. The van der Waals surface area contributed by atoms with E-state index in [1.54, 1.807) is 11.0 Å². The van der Waals surface area contributed by atoms with Crippen molar-refractivity contribution in [2.45, 2.75) is 83.6 Å². The first kappa shape index (κ1) is 23.4. The van der Waals surface area contributed by atoms with E-state index in [2.05, 4.69) is 5.32 Å². The van der Waals surface area contributed by atoms with Crippen LogP contribution in [-0.4, -0.2) is 52.9 Å². The molecular formula is C25H32N2O6. The lowest BCUT2D eigenvalue weighted by atomic mass is 9.82. The van der Waals surface area contributed by atoms with Crippen molar-refractivity contribution < 1.29 is 28.7 Å². The summed E-state index contributed by atoms with van der Waals surface area (Å²) >= 11 is 0. The van der Waals surface area contributed by atoms with Crippen LogP contribution < -0.4 is 5.32 Å². The van der Waals surface area contributed by atoms with Crippen LogP contribution in [0.5, 0.6) is 0 Å². The number of hydrogen-bond donors (Lipinski definition) is 1. The fourth-order valence-electron chi connectivity index (χ4n) is 4.68. The fraction of sp³-hybridized carbons (Fsp3) is 0.600. The standard InChI is InChI=1S/C25H32N2O6/c1-25(2,3)33-24(31)16-12-17(13-16)32-11-5-7-15-6-4-8-18-19(15)14-27(23(18)30)20-9-10-21(28)26-22(20)29/h4,6,8,16-17,20H,5,7,9-14H2,1-3H3,(H,26,28,29)/t16?,17?,20-/m0/s1. The maximum Gasteiger partial charge on any atom is 0.309 e. The topological polar surface area (TPSA) is 102 Å². The van der Waals surface area contributed by atoms with Crippen LogP contribution in [0.2, 0.25) is 0 Å². The molecule has 2 heterocycles. The van der Waals surface area contributed by atoms with Crippen LogP contribution in [0.15, 0.2) is 18.2 Å². The van der Waals surface area contributed by atoms with E-state index in [1.165, 1.54) is 0 Å². The Bertz CT molecular complexity index is 960. The molecule has 0 aromatic heterocycles. The van der Waals surface area contributed by atoms with Gasteiger partial charge in [0.15, 0.2) is 0 Å². The van der Waals surface area contributed by atoms with Gasteiger partial charge in [-0.2, -0.15) is 0 Å². The number of fused-ring (bicyclic) bond motifs is 1. The molecule has 0 radical (unpaired) electrons. The van der Waals surface area contributed by atoms with Gasteiger partial charge in [0, 0.05) is 25.1 Å². The zero-order chi connectivity index (χ0) is 23.8. The molecule has 1 aliphatic carbocycles. The minimum atomic E-state index is -0.602. The van der Waals surface area contributed by atoms with Gasteiger partial charge >= 0.3 is 5.97 Å². The highest BCUT2D eigenvalue weighted by atomic mass is 16.6. The molecule has 3 aliphatic rings. The Labute approximate surface area is 194 Å². The van der Waals surface area contributed by atoms with Gasteiger partial charge in [0.2, 0.25) is 11.8 Å². The van der Waals surface area contributed by atoms with Gasteiger partial charge in [0.05, 0.1) is 12.0 Å². The second kappa shape index (κ2) is 9.25. The number of hydrogen-bond acceptors (Lipinski definition) is 6. The molecule has 33 heavy (non-hydrogen) atoms. The summed E-state index contributed by atoms with van der Waals surface area (Å²) in [5.41, 5.74) is 2.21. The molecule has 0 bridgehead atoms. The van der Waals surface area contributed by atoms with Crippen molar-refractivity contribution in [3.63, 3.8) is 0 Å². The van der Waals surface area contributed by atoms with Crippen LogP contribution in [-0.2, 0) is 36.8 Å². The van der Waals surface area contributed by atoms with Crippen LogP contribution in [0.1, 0.15) is 74.4 Å². The maximum atomic E-state index is 12.9. The van der Waals surface area contributed by atoms with Crippen LogP contribution in [0.25, 0.3) is 0 Å². The molecule has 0 unspecified atom stereocenters. The SMILES string of the molecule is CC(C)(C)OC(=O)C1CC(OCCCc2cccc3c2CN([C@H]2CCC(=O)NC2=O)C3=O)C1. The van der Waals surface area contributed by atoms with E-state index in [1.807, 2.05) is 32.9 Å². The van der Waals surface area contributed by atoms with Crippen molar-refractivity contribution in [2.24, 2.45) is 5.92 Å². The highest BCUT2D eigenvalue weighted by Gasteiger charge is 2.40. The number of nitrogens with zero attached hydrogens (tertiary/aromatic N) is 1. The van der Waals surface area contributed by atoms with Crippen molar-refractivity contribution in [2.75, 3.05) is 6.61 Å². The minimum Gasteiger partial charge on any atom is -0.460 e. The smallest absolute Gasteiger partial charge is 0.309 e. The summed E-state index contributed by atoms with van der Waals surface area (Å²) in [7, 11) is 0. The van der Waals surface area contributed by atoms with Gasteiger partial charge in [0.25, 0.3) is 5.91 Å². The number of amides is 3. The molecule has 1 N–H and O–H groups in total. The van der Waals surface area contributed by atoms with Gasteiger partial charge < -0.3 is 14.4 Å². The summed E-state index contributed by atoms with van der Waals surface area (Å²) in [5.74, 6) is -1.05. The molecule has 8 heteroatoms. The third-order valence-corrected chi connectivity index (χ3v) is 6.46. The lowest BCUT2D eigenvalue weighted by Crippen LogP contribution is -2.52. The average Bonchev–Trinajstić information content (AvgIpc) is 3.02. The van der Waals surface area contributed by atoms with Gasteiger partial charge in [-0.05, 0) is 70.1 Å². The molecule has 3 amide bonds. The number of imide groups is 1. The Morgan fingerprint density at radius 1 is 1.18 bits per heavy atom. The summed E-state index contributed by atoms with van der Waals surface area (Å²) in [6.07, 6.45) is 3.67. The van der Waals surface area contributed by atoms with E-state index < -0.39 is 17.6 Å². The average molecular weight is 457 g/mol. The molecular weight excluding hydrogens is 424 g/mol. The first-order valence-corrected chi connectivity index (χ1v) is 11.7. The van der Waals surface area contributed by atoms with Crippen LogP contribution in [0.4, 0.5) is 0 Å². The number of rotatable bonds is 7. The summed E-state index contributed by atoms with van der Waals surface area (Å²) in [4.78, 5) is 50.2. The molecule has 8 nitrogen and oxygen atoms in total. The highest BCUT2D eigenvalue weighted by molar-refractivity contribution is 6.05. The zero-order valence-corrected chi connectivity index (χ0v) is 19.5. The maximum absolute atomic E-state index is 12.9.